The summed E-state index contributed by atoms with van der Waals surface area (Å²) < 4.78 is 37.8. The predicted octanol–water partition coefficient (Wildman–Crippen LogP) is 2.49. The zero-order valence-corrected chi connectivity index (χ0v) is 10.8. The van der Waals surface area contributed by atoms with Crippen LogP contribution in [0.2, 0.25) is 0 Å². The summed E-state index contributed by atoms with van der Waals surface area (Å²) in [6, 6.07) is 2.41. The van der Waals surface area contributed by atoms with Gasteiger partial charge in [-0.3, -0.25) is 4.79 Å². The summed E-state index contributed by atoms with van der Waals surface area (Å²) in [4.78, 5) is 12.1. The van der Waals surface area contributed by atoms with Crippen molar-refractivity contribution in [3.05, 3.63) is 23.8 Å². The Hall–Kier alpha value is -1.76. The number of rotatable bonds is 2. The van der Waals surface area contributed by atoms with E-state index in [1.807, 2.05) is 0 Å². The second-order valence-corrected chi connectivity index (χ2v) is 5.05. The van der Waals surface area contributed by atoms with Gasteiger partial charge in [-0.2, -0.15) is 13.2 Å². The van der Waals surface area contributed by atoms with Crippen molar-refractivity contribution in [3.63, 3.8) is 0 Å². The highest BCUT2D eigenvalue weighted by Crippen LogP contribution is 2.35. The van der Waals surface area contributed by atoms with Crippen LogP contribution in [0.1, 0.15) is 25.3 Å². The third-order valence-electron chi connectivity index (χ3n) is 3.44. The molecule has 1 aliphatic heterocycles. The molecule has 4 nitrogen and oxygen atoms in total. The lowest BCUT2D eigenvalue weighted by Gasteiger charge is -2.23. The van der Waals surface area contributed by atoms with Gasteiger partial charge in [0.1, 0.15) is 5.75 Å². The largest absolute Gasteiger partial charge is 0.506 e. The van der Waals surface area contributed by atoms with E-state index in [0.717, 1.165) is 24.6 Å². The van der Waals surface area contributed by atoms with Gasteiger partial charge in [0, 0.05) is 0 Å². The lowest BCUT2D eigenvalue weighted by Crippen LogP contribution is -2.48. The second-order valence-electron chi connectivity index (χ2n) is 5.05. The smallest absolute Gasteiger partial charge is 0.416 e. The van der Waals surface area contributed by atoms with Crippen LogP contribution in [0.15, 0.2) is 18.2 Å². The van der Waals surface area contributed by atoms with Gasteiger partial charge >= 0.3 is 6.18 Å². The van der Waals surface area contributed by atoms with Crippen LogP contribution in [0, 0.1) is 0 Å². The molecule has 1 unspecified atom stereocenters. The molecule has 3 N–H and O–H groups in total. The first-order valence-corrected chi connectivity index (χ1v) is 6.19. The number of phenolic OH excluding ortho intramolecular Hbond substituents is 1. The van der Waals surface area contributed by atoms with Crippen LogP contribution < -0.4 is 10.6 Å². The molecule has 1 aromatic rings. The number of halogens is 3. The molecule has 1 saturated heterocycles. The molecule has 0 radical (unpaired) electrons. The van der Waals surface area contributed by atoms with Crippen molar-refractivity contribution in [2.75, 3.05) is 11.9 Å². The van der Waals surface area contributed by atoms with Crippen LogP contribution in [0.4, 0.5) is 18.9 Å². The number of amides is 1. The molecule has 2 rings (SSSR count). The summed E-state index contributed by atoms with van der Waals surface area (Å²) in [6.07, 6.45) is -3.11. The normalized spacial score (nSPS) is 22.8. The summed E-state index contributed by atoms with van der Waals surface area (Å²) in [7, 11) is 0. The molecule has 0 saturated carbocycles. The molecule has 0 spiro atoms. The molecule has 1 atom stereocenters. The molecule has 1 fully saturated rings. The van der Waals surface area contributed by atoms with Crippen LogP contribution in [-0.2, 0) is 11.0 Å². The van der Waals surface area contributed by atoms with Gasteiger partial charge in [0.05, 0.1) is 16.8 Å². The Morgan fingerprint density at radius 3 is 2.70 bits per heavy atom. The van der Waals surface area contributed by atoms with E-state index in [0.29, 0.717) is 13.0 Å². The molecule has 1 aliphatic rings. The number of hydrogen-bond acceptors (Lipinski definition) is 3. The molecule has 1 aromatic carbocycles. The van der Waals surface area contributed by atoms with Gasteiger partial charge in [-0.15, -0.1) is 0 Å². The molecule has 1 heterocycles. The van der Waals surface area contributed by atoms with Gasteiger partial charge in [0.15, 0.2) is 0 Å². The Kier molecular flexibility index (Phi) is 3.64. The Labute approximate surface area is 114 Å². The van der Waals surface area contributed by atoms with Crippen molar-refractivity contribution in [2.45, 2.75) is 31.5 Å². The van der Waals surface area contributed by atoms with Crippen LogP contribution >= 0.6 is 0 Å². The SMILES string of the molecule is CC1(C(=O)Nc2cc(C(F)(F)F)ccc2O)CCCN1. The van der Waals surface area contributed by atoms with Crippen LogP contribution in [0.5, 0.6) is 5.75 Å². The fraction of sp³-hybridized carbons (Fsp3) is 0.462. The number of aromatic hydroxyl groups is 1. The fourth-order valence-corrected chi connectivity index (χ4v) is 2.16. The Morgan fingerprint density at radius 1 is 1.45 bits per heavy atom. The quantitative estimate of drug-likeness (QED) is 0.733. The van der Waals surface area contributed by atoms with E-state index in [-0.39, 0.29) is 5.69 Å². The average molecular weight is 288 g/mol. The maximum absolute atomic E-state index is 12.6. The minimum atomic E-state index is -4.53. The summed E-state index contributed by atoms with van der Waals surface area (Å²) in [5, 5.41) is 14.9. The molecular weight excluding hydrogens is 273 g/mol. The molecule has 110 valence electrons. The molecular formula is C13H15F3N2O2. The van der Waals surface area contributed by atoms with E-state index in [1.165, 1.54) is 0 Å². The lowest BCUT2D eigenvalue weighted by atomic mass is 9.99. The van der Waals surface area contributed by atoms with Crippen LogP contribution in [0.3, 0.4) is 0 Å². The fourth-order valence-electron chi connectivity index (χ4n) is 2.16. The van der Waals surface area contributed by atoms with E-state index in [4.69, 9.17) is 0 Å². The second kappa shape index (κ2) is 4.97. The zero-order chi connectivity index (χ0) is 15.0. The van der Waals surface area contributed by atoms with Crippen molar-refractivity contribution in [1.29, 1.82) is 0 Å². The van der Waals surface area contributed by atoms with Gasteiger partial charge in [-0.05, 0) is 44.5 Å². The number of hydrogen-bond donors (Lipinski definition) is 3. The minimum absolute atomic E-state index is 0.236. The summed E-state index contributed by atoms with van der Waals surface area (Å²) in [5.41, 5.74) is -1.98. The molecule has 0 aliphatic carbocycles. The standard InChI is InChI=1S/C13H15F3N2O2/c1-12(5-2-6-17-12)11(20)18-9-7-8(13(14,15)16)3-4-10(9)19/h3-4,7,17,19H,2,5-6H2,1H3,(H,18,20). The number of phenols is 1. The number of anilines is 1. The minimum Gasteiger partial charge on any atom is -0.506 e. The van der Waals surface area contributed by atoms with Gasteiger partial charge in [0.25, 0.3) is 0 Å². The first-order valence-electron chi connectivity index (χ1n) is 6.19. The molecule has 1 amide bonds. The van der Waals surface area contributed by atoms with Crippen molar-refractivity contribution >= 4 is 11.6 Å². The zero-order valence-electron chi connectivity index (χ0n) is 10.8. The van der Waals surface area contributed by atoms with E-state index in [1.54, 1.807) is 6.92 Å². The van der Waals surface area contributed by atoms with Crippen LogP contribution in [-0.4, -0.2) is 23.1 Å². The molecule has 0 aromatic heterocycles. The summed E-state index contributed by atoms with van der Waals surface area (Å²) in [5.74, 6) is -0.849. The number of carbonyl (C=O) groups excluding carboxylic acids is 1. The monoisotopic (exact) mass is 288 g/mol. The van der Waals surface area contributed by atoms with Crippen molar-refractivity contribution in [2.24, 2.45) is 0 Å². The molecule has 7 heteroatoms. The number of benzene rings is 1. The first-order chi connectivity index (χ1) is 9.22. The highest BCUT2D eigenvalue weighted by molar-refractivity contribution is 5.99. The number of carbonyl (C=O) groups is 1. The van der Waals surface area contributed by atoms with E-state index < -0.39 is 28.9 Å². The third-order valence-corrected chi connectivity index (χ3v) is 3.44. The van der Waals surface area contributed by atoms with E-state index >= 15 is 0 Å². The van der Waals surface area contributed by atoms with E-state index in [2.05, 4.69) is 10.6 Å². The highest BCUT2D eigenvalue weighted by atomic mass is 19.4. The van der Waals surface area contributed by atoms with Gasteiger partial charge in [-0.1, -0.05) is 0 Å². The summed E-state index contributed by atoms with van der Waals surface area (Å²) in [6.45, 7) is 2.36. The van der Waals surface area contributed by atoms with Crippen molar-refractivity contribution in [3.8, 4) is 5.75 Å². The Balaban J connectivity index is 2.22. The van der Waals surface area contributed by atoms with Gasteiger partial charge in [-0.25, -0.2) is 0 Å². The number of nitrogens with one attached hydrogen (secondary N) is 2. The lowest BCUT2D eigenvalue weighted by molar-refractivity contribution is -0.137. The third kappa shape index (κ3) is 2.87. The van der Waals surface area contributed by atoms with Crippen molar-refractivity contribution < 1.29 is 23.1 Å². The van der Waals surface area contributed by atoms with Gasteiger partial charge in [0.2, 0.25) is 5.91 Å². The van der Waals surface area contributed by atoms with Crippen molar-refractivity contribution in [1.82, 2.24) is 5.32 Å². The Bertz CT molecular complexity index is 523. The molecule has 20 heavy (non-hydrogen) atoms. The Morgan fingerprint density at radius 2 is 2.15 bits per heavy atom. The van der Waals surface area contributed by atoms with E-state index in [9.17, 15) is 23.1 Å². The maximum atomic E-state index is 12.6. The first kappa shape index (κ1) is 14.6. The van der Waals surface area contributed by atoms with Crippen LogP contribution in [0.25, 0.3) is 0 Å². The van der Waals surface area contributed by atoms with Gasteiger partial charge < -0.3 is 15.7 Å². The highest BCUT2D eigenvalue weighted by Gasteiger charge is 2.37. The maximum Gasteiger partial charge on any atom is 0.416 e. The topological polar surface area (TPSA) is 61.4 Å². The number of alkyl halides is 3. The molecule has 0 bridgehead atoms. The summed E-state index contributed by atoms with van der Waals surface area (Å²) >= 11 is 0. The average Bonchev–Trinajstić information content (AvgIpc) is 2.79. The predicted molar refractivity (Wildman–Crippen MR) is 67.4 cm³/mol.